The minimum Gasteiger partial charge on any atom is -0.378 e. The molecule has 0 aromatic heterocycles. The van der Waals surface area contributed by atoms with Crippen LogP contribution in [0.3, 0.4) is 0 Å². The lowest BCUT2D eigenvalue weighted by atomic mass is 9.96. The fraction of sp³-hybridized carbons (Fsp3) is 0.467. The summed E-state index contributed by atoms with van der Waals surface area (Å²) < 4.78 is 0. The predicted molar refractivity (Wildman–Crippen MR) is 81.8 cm³/mol. The molecule has 0 aliphatic rings. The van der Waals surface area contributed by atoms with Crippen LogP contribution in [0.15, 0.2) is 30.5 Å². The summed E-state index contributed by atoms with van der Waals surface area (Å²) in [6.07, 6.45) is 2.35. The number of allylic oxidation sites excluding steroid dienone is 1. The van der Waals surface area contributed by atoms with Crippen molar-refractivity contribution < 1.29 is 0 Å². The summed E-state index contributed by atoms with van der Waals surface area (Å²) in [5.74, 6) is 0.575. The zero-order chi connectivity index (χ0) is 12.8. The van der Waals surface area contributed by atoms with E-state index < -0.39 is 0 Å². The highest BCUT2D eigenvalue weighted by molar-refractivity contribution is 6.34. The summed E-state index contributed by atoms with van der Waals surface area (Å²) in [6.45, 7) is 11.1. The zero-order valence-corrected chi connectivity index (χ0v) is 13.8. The standard InChI is InChI=1S/C15H25NSi/c1-5-16(6-2)11-14(12(3)4)13-9-7-8-10-15(13)17/h7-12H,5-6H2,1-4,17H3. The smallest absolute Gasteiger partial charge is 0.0392 e. The van der Waals surface area contributed by atoms with Gasteiger partial charge in [-0.15, -0.1) is 0 Å². The zero-order valence-electron chi connectivity index (χ0n) is 11.8. The van der Waals surface area contributed by atoms with Gasteiger partial charge in [-0.05, 0) is 30.9 Å². The quantitative estimate of drug-likeness (QED) is 0.720. The average molecular weight is 247 g/mol. The van der Waals surface area contributed by atoms with Gasteiger partial charge in [0.15, 0.2) is 0 Å². The Balaban J connectivity index is 3.14. The van der Waals surface area contributed by atoms with Crippen molar-refractivity contribution in [1.82, 2.24) is 4.90 Å². The third-order valence-corrected chi connectivity index (χ3v) is 4.08. The van der Waals surface area contributed by atoms with E-state index in [2.05, 4.69) is 63.1 Å². The first-order chi connectivity index (χ1) is 8.10. The number of hydrogen-bond acceptors (Lipinski definition) is 1. The number of benzene rings is 1. The minimum absolute atomic E-state index is 0.575. The maximum atomic E-state index is 2.38. The molecule has 0 spiro atoms. The number of rotatable bonds is 5. The molecule has 2 heteroatoms. The second kappa shape index (κ2) is 6.65. The molecule has 0 unspecified atom stereocenters. The summed E-state index contributed by atoms with van der Waals surface area (Å²) in [7, 11) is 1.11. The van der Waals surface area contributed by atoms with Gasteiger partial charge in [0.2, 0.25) is 0 Å². The summed E-state index contributed by atoms with van der Waals surface area (Å²) in [4.78, 5) is 2.38. The molecule has 0 atom stereocenters. The molecule has 0 bridgehead atoms. The Morgan fingerprint density at radius 3 is 2.29 bits per heavy atom. The van der Waals surface area contributed by atoms with E-state index in [4.69, 9.17) is 0 Å². The van der Waals surface area contributed by atoms with Gasteiger partial charge < -0.3 is 4.90 Å². The Hall–Kier alpha value is -1.02. The van der Waals surface area contributed by atoms with Gasteiger partial charge in [0, 0.05) is 29.5 Å². The largest absolute Gasteiger partial charge is 0.378 e. The van der Waals surface area contributed by atoms with Crippen LogP contribution in [0.2, 0.25) is 0 Å². The summed E-state index contributed by atoms with van der Waals surface area (Å²) in [6, 6.07) is 8.80. The van der Waals surface area contributed by atoms with Crippen molar-refractivity contribution in [2.24, 2.45) is 5.92 Å². The second-order valence-electron chi connectivity index (χ2n) is 4.78. The lowest BCUT2D eigenvalue weighted by molar-refractivity contribution is 0.418. The maximum Gasteiger partial charge on any atom is 0.0392 e. The van der Waals surface area contributed by atoms with Gasteiger partial charge in [-0.1, -0.05) is 43.3 Å². The molecule has 1 aromatic rings. The highest BCUT2D eigenvalue weighted by atomic mass is 28.1. The number of nitrogens with zero attached hydrogens (tertiary/aromatic N) is 1. The molecular weight excluding hydrogens is 222 g/mol. The fourth-order valence-electron chi connectivity index (χ4n) is 2.03. The van der Waals surface area contributed by atoms with Crippen LogP contribution in [-0.2, 0) is 0 Å². The van der Waals surface area contributed by atoms with E-state index in [1.807, 2.05) is 0 Å². The minimum atomic E-state index is 0.575. The van der Waals surface area contributed by atoms with Gasteiger partial charge in [0.05, 0.1) is 0 Å². The molecule has 0 N–H and O–H groups in total. The van der Waals surface area contributed by atoms with Crippen LogP contribution < -0.4 is 5.19 Å². The Bertz CT molecular complexity index is 378. The maximum absolute atomic E-state index is 2.38. The molecule has 0 saturated heterocycles. The molecule has 1 nitrogen and oxygen atoms in total. The van der Waals surface area contributed by atoms with Gasteiger partial charge in [-0.2, -0.15) is 0 Å². The van der Waals surface area contributed by atoms with E-state index in [-0.39, 0.29) is 0 Å². The van der Waals surface area contributed by atoms with Crippen molar-refractivity contribution >= 4 is 21.0 Å². The molecule has 0 aliphatic heterocycles. The molecule has 1 rings (SSSR count). The Morgan fingerprint density at radius 2 is 1.82 bits per heavy atom. The van der Waals surface area contributed by atoms with E-state index >= 15 is 0 Å². The van der Waals surface area contributed by atoms with Gasteiger partial charge in [0.1, 0.15) is 0 Å². The van der Waals surface area contributed by atoms with Gasteiger partial charge in [0.25, 0.3) is 0 Å². The lowest BCUT2D eigenvalue weighted by Gasteiger charge is -2.21. The van der Waals surface area contributed by atoms with Gasteiger partial charge in [-0.3, -0.25) is 0 Å². The molecule has 94 valence electrons. The molecule has 0 fully saturated rings. The van der Waals surface area contributed by atoms with Crippen LogP contribution in [0.1, 0.15) is 33.3 Å². The molecule has 0 aliphatic carbocycles. The monoisotopic (exact) mass is 247 g/mol. The molecule has 0 saturated carbocycles. The molecule has 17 heavy (non-hydrogen) atoms. The summed E-state index contributed by atoms with van der Waals surface area (Å²) in [5, 5.41) is 1.50. The first-order valence-corrected chi connectivity index (χ1v) is 7.61. The SMILES string of the molecule is CCN(C=C(c1ccccc1[SiH3])C(C)C)CC. The van der Waals surface area contributed by atoms with Gasteiger partial charge >= 0.3 is 0 Å². The van der Waals surface area contributed by atoms with Crippen LogP contribution in [0, 0.1) is 5.92 Å². The predicted octanol–water partition coefficient (Wildman–Crippen LogP) is 2.02. The van der Waals surface area contributed by atoms with Gasteiger partial charge in [-0.25, -0.2) is 0 Å². The first kappa shape index (κ1) is 14.0. The highest BCUT2D eigenvalue weighted by Crippen LogP contribution is 2.22. The van der Waals surface area contributed by atoms with E-state index in [9.17, 15) is 0 Å². The Labute approximate surface area is 109 Å². The molecule has 0 radical (unpaired) electrons. The summed E-state index contributed by atoms with van der Waals surface area (Å²) >= 11 is 0. The average Bonchev–Trinajstić information content (AvgIpc) is 2.32. The summed E-state index contributed by atoms with van der Waals surface area (Å²) in [5.41, 5.74) is 2.92. The topological polar surface area (TPSA) is 3.24 Å². The van der Waals surface area contributed by atoms with Crippen molar-refractivity contribution in [2.45, 2.75) is 27.7 Å². The van der Waals surface area contributed by atoms with Crippen molar-refractivity contribution in [1.29, 1.82) is 0 Å². The highest BCUT2D eigenvalue weighted by Gasteiger charge is 2.09. The second-order valence-corrected chi connectivity index (χ2v) is 5.85. The lowest BCUT2D eigenvalue weighted by Crippen LogP contribution is -2.19. The molecular formula is C15H25NSi. The van der Waals surface area contributed by atoms with Crippen LogP contribution in [0.25, 0.3) is 5.57 Å². The van der Waals surface area contributed by atoms with E-state index in [1.54, 1.807) is 0 Å². The molecule has 0 amide bonds. The van der Waals surface area contributed by atoms with Crippen molar-refractivity contribution in [3.05, 3.63) is 36.0 Å². The third kappa shape index (κ3) is 3.74. The molecule has 1 aromatic carbocycles. The van der Waals surface area contributed by atoms with Crippen LogP contribution in [0.5, 0.6) is 0 Å². The van der Waals surface area contributed by atoms with E-state index in [0.717, 1.165) is 23.3 Å². The Morgan fingerprint density at radius 1 is 1.24 bits per heavy atom. The third-order valence-electron chi connectivity index (χ3n) is 3.21. The van der Waals surface area contributed by atoms with Crippen LogP contribution in [-0.4, -0.2) is 28.2 Å². The fourth-order valence-corrected chi connectivity index (χ4v) is 2.68. The number of hydrogen-bond donors (Lipinski definition) is 0. The van der Waals surface area contributed by atoms with Crippen LogP contribution in [0.4, 0.5) is 0 Å². The Kier molecular flexibility index (Phi) is 5.49. The van der Waals surface area contributed by atoms with E-state index in [0.29, 0.717) is 5.92 Å². The molecule has 0 heterocycles. The van der Waals surface area contributed by atoms with E-state index in [1.165, 1.54) is 16.3 Å². The van der Waals surface area contributed by atoms with Crippen molar-refractivity contribution in [2.75, 3.05) is 13.1 Å². The van der Waals surface area contributed by atoms with Crippen molar-refractivity contribution in [3.63, 3.8) is 0 Å². The normalized spacial score (nSPS) is 12.2. The van der Waals surface area contributed by atoms with Crippen molar-refractivity contribution in [3.8, 4) is 0 Å². The van der Waals surface area contributed by atoms with Crippen LogP contribution >= 0.6 is 0 Å². The first-order valence-electron chi connectivity index (χ1n) is 6.61.